The maximum absolute atomic E-state index is 5.97. The van der Waals surface area contributed by atoms with Crippen LogP contribution in [0.15, 0.2) is 48.5 Å². The van der Waals surface area contributed by atoms with E-state index < -0.39 is 0 Å². The summed E-state index contributed by atoms with van der Waals surface area (Å²) in [5, 5.41) is 0. The minimum absolute atomic E-state index is 0.391. The molecule has 2 rings (SSSR count). The molecular formula is C20H27NO2. The number of ether oxygens (including phenoxy) is 2. The first-order valence-electron chi connectivity index (χ1n) is 8.36. The second-order valence-electron chi connectivity index (χ2n) is 5.66. The smallest absolute Gasteiger partial charge is 0.161 e. The zero-order chi connectivity index (χ0) is 16.5. The Morgan fingerprint density at radius 2 is 1.61 bits per heavy atom. The van der Waals surface area contributed by atoms with Gasteiger partial charge in [-0.1, -0.05) is 36.4 Å². The molecule has 0 fully saturated rings. The van der Waals surface area contributed by atoms with Crippen LogP contribution >= 0.6 is 0 Å². The molecule has 0 aliphatic rings. The van der Waals surface area contributed by atoms with Crippen LogP contribution in [-0.2, 0) is 0 Å². The number of aryl methyl sites for hydroxylation is 1. The van der Waals surface area contributed by atoms with Gasteiger partial charge in [0, 0.05) is 0 Å². The number of rotatable bonds is 9. The van der Waals surface area contributed by atoms with Gasteiger partial charge in [-0.25, -0.2) is 0 Å². The Bertz CT molecular complexity index is 598. The van der Waals surface area contributed by atoms with Crippen molar-refractivity contribution < 1.29 is 9.47 Å². The highest BCUT2D eigenvalue weighted by Gasteiger charge is 2.12. The van der Waals surface area contributed by atoms with Crippen LogP contribution in [0.25, 0.3) is 0 Å². The summed E-state index contributed by atoms with van der Waals surface area (Å²) in [4.78, 5) is 0. The summed E-state index contributed by atoms with van der Waals surface area (Å²) in [7, 11) is 0. The van der Waals surface area contributed by atoms with Crippen LogP contribution in [0.3, 0.4) is 0 Å². The van der Waals surface area contributed by atoms with Gasteiger partial charge in [-0.05, 0) is 62.4 Å². The Balaban J connectivity index is 1.86. The maximum atomic E-state index is 5.97. The van der Waals surface area contributed by atoms with Crippen molar-refractivity contribution in [3.05, 3.63) is 59.7 Å². The van der Waals surface area contributed by atoms with E-state index in [0.29, 0.717) is 25.7 Å². The molecule has 0 radical (unpaired) electrons. The lowest BCUT2D eigenvalue weighted by molar-refractivity contribution is 0.269. The second kappa shape index (κ2) is 9.21. The number of nitrogens with two attached hydrogens (primary N) is 1. The van der Waals surface area contributed by atoms with Crippen molar-refractivity contribution in [3.63, 3.8) is 0 Å². The SMILES string of the molecule is CCOc1ccccc1OCCCC(CN)c1ccccc1C. The number of hydrogen-bond acceptors (Lipinski definition) is 3. The van der Waals surface area contributed by atoms with Gasteiger partial charge in [0.25, 0.3) is 0 Å². The predicted molar refractivity (Wildman–Crippen MR) is 95.3 cm³/mol. The lowest BCUT2D eigenvalue weighted by Crippen LogP contribution is -2.14. The molecule has 23 heavy (non-hydrogen) atoms. The topological polar surface area (TPSA) is 44.5 Å². The van der Waals surface area contributed by atoms with Gasteiger partial charge in [-0.15, -0.1) is 0 Å². The van der Waals surface area contributed by atoms with E-state index in [-0.39, 0.29) is 0 Å². The molecule has 0 aliphatic carbocycles. The summed E-state index contributed by atoms with van der Waals surface area (Å²) < 4.78 is 11.5. The van der Waals surface area contributed by atoms with Gasteiger partial charge >= 0.3 is 0 Å². The highest BCUT2D eigenvalue weighted by atomic mass is 16.5. The summed E-state index contributed by atoms with van der Waals surface area (Å²) in [6, 6.07) is 16.3. The summed E-state index contributed by atoms with van der Waals surface area (Å²) in [6.45, 7) is 6.10. The van der Waals surface area contributed by atoms with Gasteiger partial charge in [0.1, 0.15) is 0 Å². The molecule has 0 heterocycles. The molecule has 0 aromatic heterocycles. The van der Waals surface area contributed by atoms with E-state index in [1.165, 1.54) is 11.1 Å². The highest BCUT2D eigenvalue weighted by molar-refractivity contribution is 5.39. The van der Waals surface area contributed by atoms with Crippen molar-refractivity contribution in [2.75, 3.05) is 19.8 Å². The van der Waals surface area contributed by atoms with E-state index in [2.05, 4.69) is 31.2 Å². The van der Waals surface area contributed by atoms with Crippen LogP contribution in [0, 0.1) is 6.92 Å². The van der Waals surface area contributed by atoms with E-state index in [4.69, 9.17) is 15.2 Å². The van der Waals surface area contributed by atoms with Gasteiger partial charge in [-0.3, -0.25) is 0 Å². The maximum Gasteiger partial charge on any atom is 0.161 e. The normalized spacial score (nSPS) is 12.0. The van der Waals surface area contributed by atoms with E-state index in [1.807, 2.05) is 31.2 Å². The molecular weight excluding hydrogens is 286 g/mol. The zero-order valence-electron chi connectivity index (χ0n) is 14.1. The van der Waals surface area contributed by atoms with Crippen LogP contribution in [-0.4, -0.2) is 19.8 Å². The average Bonchev–Trinajstić information content (AvgIpc) is 2.58. The summed E-state index contributed by atoms with van der Waals surface area (Å²) in [6.07, 6.45) is 1.99. The van der Waals surface area contributed by atoms with Crippen molar-refractivity contribution in [1.29, 1.82) is 0 Å². The Kier molecular flexibility index (Phi) is 6.95. The third-order valence-electron chi connectivity index (χ3n) is 4.02. The lowest BCUT2D eigenvalue weighted by Gasteiger charge is -2.18. The molecule has 1 atom stereocenters. The molecule has 2 aromatic rings. The molecule has 0 bridgehead atoms. The Labute approximate surface area is 139 Å². The quantitative estimate of drug-likeness (QED) is 0.702. The van der Waals surface area contributed by atoms with Crippen molar-refractivity contribution in [2.24, 2.45) is 5.73 Å². The predicted octanol–water partition coefficient (Wildman–Crippen LogP) is 4.30. The molecule has 0 aliphatic heterocycles. The van der Waals surface area contributed by atoms with Crippen LogP contribution < -0.4 is 15.2 Å². The first-order chi connectivity index (χ1) is 11.3. The van der Waals surface area contributed by atoms with Gasteiger partial charge in [0.2, 0.25) is 0 Å². The molecule has 0 amide bonds. The molecule has 0 spiro atoms. The van der Waals surface area contributed by atoms with Crippen molar-refractivity contribution in [2.45, 2.75) is 32.6 Å². The Morgan fingerprint density at radius 1 is 0.957 bits per heavy atom. The van der Waals surface area contributed by atoms with Crippen LogP contribution in [0.1, 0.15) is 36.8 Å². The van der Waals surface area contributed by atoms with E-state index in [1.54, 1.807) is 0 Å². The second-order valence-corrected chi connectivity index (χ2v) is 5.66. The fraction of sp³-hybridized carbons (Fsp3) is 0.400. The lowest BCUT2D eigenvalue weighted by atomic mass is 9.91. The fourth-order valence-electron chi connectivity index (χ4n) is 2.80. The van der Waals surface area contributed by atoms with Crippen LogP contribution in [0.2, 0.25) is 0 Å². The Morgan fingerprint density at radius 3 is 2.26 bits per heavy atom. The minimum Gasteiger partial charge on any atom is -0.490 e. The van der Waals surface area contributed by atoms with Gasteiger partial charge < -0.3 is 15.2 Å². The molecule has 1 unspecified atom stereocenters. The first kappa shape index (κ1) is 17.4. The molecule has 124 valence electrons. The number of para-hydroxylation sites is 2. The van der Waals surface area contributed by atoms with Crippen molar-refractivity contribution in [1.82, 2.24) is 0 Å². The van der Waals surface area contributed by atoms with E-state index in [9.17, 15) is 0 Å². The number of benzene rings is 2. The number of hydrogen-bond donors (Lipinski definition) is 1. The van der Waals surface area contributed by atoms with Crippen molar-refractivity contribution in [3.8, 4) is 11.5 Å². The minimum atomic E-state index is 0.391. The van der Waals surface area contributed by atoms with Gasteiger partial charge in [-0.2, -0.15) is 0 Å². The van der Waals surface area contributed by atoms with Gasteiger partial charge in [0.05, 0.1) is 13.2 Å². The fourth-order valence-corrected chi connectivity index (χ4v) is 2.80. The van der Waals surface area contributed by atoms with Crippen molar-refractivity contribution >= 4 is 0 Å². The van der Waals surface area contributed by atoms with E-state index in [0.717, 1.165) is 24.3 Å². The molecule has 2 N–H and O–H groups in total. The monoisotopic (exact) mass is 313 g/mol. The molecule has 0 saturated heterocycles. The molecule has 2 aromatic carbocycles. The average molecular weight is 313 g/mol. The third kappa shape index (κ3) is 5.00. The van der Waals surface area contributed by atoms with Crippen LogP contribution in [0.5, 0.6) is 11.5 Å². The van der Waals surface area contributed by atoms with E-state index >= 15 is 0 Å². The van der Waals surface area contributed by atoms with Crippen LogP contribution in [0.4, 0.5) is 0 Å². The summed E-state index contributed by atoms with van der Waals surface area (Å²) >= 11 is 0. The highest BCUT2D eigenvalue weighted by Crippen LogP contribution is 2.27. The third-order valence-corrected chi connectivity index (χ3v) is 4.02. The largest absolute Gasteiger partial charge is 0.490 e. The first-order valence-corrected chi connectivity index (χ1v) is 8.36. The molecule has 0 saturated carbocycles. The summed E-state index contributed by atoms with van der Waals surface area (Å²) in [5.41, 5.74) is 8.63. The zero-order valence-corrected chi connectivity index (χ0v) is 14.1. The Hall–Kier alpha value is -2.00. The standard InChI is InChI=1S/C20H27NO2/c1-3-22-19-12-6-7-13-20(19)23-14-8-10-17(15-21)18-11-5-4-9-16(18)2/h4-7,9,11-13,17H,3,8,10,14-15,21H2,1-2H3. The van der Waals surface area contributed by atoms with Gasteiger partial charge in [0.15, 0.2) is 11.5 Å². The summed E-state index contributed by atoms with van der Waals surface area (Å²) in [5.74, 6) is 2.01. The molecule has 3 heteroatoms. The molecule has 3 nitrogen and oxygen atoms in total.